The van der Waals surface area contributed by atoms with E-state index in [4.69, 9.17) is 23.2 Å². The molecule has 1 aromatic carbocycles. The van der Waals surface area contributed by atoms with Crippen LogP contribution in [0.4, 0.5) is 5.69 Å². The van der Waals surface area contributed by atoms with Crippen LogP contribution >= 0.6 is 11.6 Å². The molecule has 0 heterocycles. The first-order chi connectivity index (χ1) is 6.82. The van der Waals surface area contributed by atoms with Crippen molar-refractivity contribution in [3.8, 4) is 0 Å². The zero-order chi connectivity index (χ0) is 11.6. The van der Waals surface area contributed by atoms with Gasteiger partial charge in [-0.3, -0.25) is 4.79 Å². The van der Waals surface area contributed by atoms with Crippen LogP contribution in [0.2, 0.25) is 5.02 Å². The van der Waals surface area contributed by atoms with Crippen molar-refractivity contribution in [3.05, 3.63) is 29.3 Å². The van der Waals surface area contributed by atoms with Crippen molar-refractivity contribution >= 4 is 23.2 Å². The molecule has 5 heteroatoms. The molecule has 1 aromatic rings. The van der Waals surface area contributed by atoms with Crippen LogP contribution in [0.5, 0.6) is 0 Å². The van der Waals surface area contributed by atoms with Crippen molar-refractivity contribution in [2.45, 2.75) is 19.4 Å². The van der Waals surface area contributed by atoms with E-state index in [0.29, 0.717) is 10.7 Å². The van der Waals surface area contributed by atoms with E-state index in [9.17, 15) is 4.79 Å². The van der Waals surface area contributed by atoms with Gasteiger partial charge in [-0.05, 0) is 32.0 Å². The average molecular weight is 228 g/mol. The molecule has 0 aliphatic rings. The summed E-state index contributed by atoms with van der Waals surface area (Å²) < 4.78 is 0. The Labute approximate surface area is 93.8 Å². The molecule has 1 rings (SSSR count). The van der Waals surface area contributed by atoms with Crippen molar-refractivity contribution in [1.82, 2.24) is 0 Å². The third-order valence-electron chi connectivity index (χ3n) is 1.86. The van der Waals surface area contributed by atoms with Gasteiger partial charge in [-0.25, -0.2) is 10.9 Å². The SMILES string of the molecule is CC(C)(N)C(=O)N(N)c1cccc(Cl)c1. The standard InChI is InChI=1S/C10H14ClN3O/c1-10(2,12)9(15)14(13)8-5-3-4-7(11)6-8/h3-6H,12-13H2,1-2H3. The van der Waals surface area contributed by atoms with Crippen LogP contribution in [-0.4, -0.2) is 11.4 Å². The monoisotopic (exact) mass is 227 g/mol. The molecule has 0 saturated heterocycles. The third-order valence-corrected chi connectivity index (χ3v) is 2.09. The number of halogens is 1. The van der Waals surface area contributed by atoms with E-state index in [0.717, 1.165) is 5.01 Å². The second-order valence-electron chi connectivity index (χ2n) is 3.88. The van der Waals surface area contributed by atoms with Gasteiger partial charge in [-0.1, -0.05) is 17.7 Å². The number of carbonyl (C=O) groups excluding carboxylic acids is 1. The Morgan fingerprint density at radius 3 is 2.53 bits per heavy atom. The first-order valence-corrected chi connectivity index (χ1v) is 4.84. The van der Waals surface area contributed by atoms with Gasteiger partial charge in [0.05, 0.1) is 11.2 Å². The lowest BCUT2D eigenvalue weighted by Gasteiger charge is -2.25. The number of rotatable bonds is 2. The van der Waals surface area contributed by atoms with Crippen molar-refractivity contribution in [2.24, 2.45) is 11.6 Å². The normalized spacial score (nSPS) is 11.3. The molecule has 15 heavy (non-hydrogen) atoms. The molecule has 0 saturated carbocycles. The van der Waals surface area contributed by atoms with Crippen molar-refractivity contribution in [3.63, 3.8) is 0 Å². The molecule has 4 nitrogen and oxygen atoms in total. The summed E-state index contributed by atoms with van der Waals surface area (Å²) in [7, 11) is 0. The zero-order valence-corrected chi connectivity index (χ0v) is 9.45. The number of hydrazine groups is 1. The molecule has 0 spiro atoms. The fourth-order valence-electron chi connectivity index (χ4n) is 1.05. The highest BCUT2D eigenvalue weighted by Crippen LogP contribution is 2.18. The van der Waals surface area contributed by atoms with E-state index in [1.165, 1.54) is 0 Å². The van der Waals surface area contributed by atoms with Gasteiger partial charge in [0, 0.05) is 5.02 Å². The van der Waals surface area contributed by atoms with Gasteiger partial charge in [0.1, 0.15) is 0 Å². The number of amides is 1. The van der Waals surface area contributed by atoms with E-state index in [1.807, 2.05) is 0 Å². The smallest absolute Gasteiger partial charge is 0.260 e. The summed E-state index contributed by atoms with van der Waals surface area (Å²) in [6, 6.07) is 6.71. The van der Waals surface area contributed by atoms with Crippen molar-refractivity contribution < 1.29 is 4.79 Å². The largest absolute Gasteiger partial charge is 0.318 e. The summed E-state index contributed by atoms with van der Waals surface area (Å²) in [5.41, 5.74) is 5.17. The lowest BCUT2D eigenvalue weighted by Crippen LogP contribution is -2.54. The van der Waals surface area contributed by atoms with Crippen LogP contribution in [0.3, 0.4) is 0 Å². The molecular weight excluding hydrogens is 214 g/mol. The molecule has 82 valence electrons. The fraction of sp³-hybridized carbons (Fsp3) is 0.300. The molecule has 0 aromatic heterocycles. The number of nitrogens with zero attached hydrogens (tertiary/aromatic N) is 1. The van der Waals surface area contributed by atoms with Gasteiger partial charge in [0.25, 0.3) is 5.91 Å². The Morgan fingerprint density at radius 1 is 1.47 bits per heavy atom. The van der Waals surface area contributed by atoms with E-state index in [-0.39, 0.29) is 5.91 Å². The Bertz CT molecular complexity index is 373. The number of hydrogen-bond donors (Lipinski definition) is 2. The molecule has 0 atom stereocenters. The first-order valence-electron chi connectivity index (χ1n) is 4.46. The summed E-state index contributed by atoms with van der Waals surface area (Å²) in [5, 5.41) is 1.52. The molecule has 0 radical (unpaired) electrons. The van der Waals surface area contributed by atoms with Gasteiger partial charge in [-0.2, -0.15) is 0 Å². The summed E-state index contributed by atoms with van der Waals surface area (Å²) in [5.74, 6) is 5.27. The fourth-order valence-corrected chi connectivity index (χ4v) is 1.24. The lowest BCUT2D eigenvalue weighted by atomic mass is 10.1. The van der Waals surface area contributed by atoms with E-state index >= 15 is 0 Å². The van der Waals surface area contributed by atoms with E-state index in [1.54, 1.807) is 38.1 Å². The van der Waals surface area contributed by atoms with Gasteiger partial charge in [0.2, 0.25) is 0 Å². The molecule has 0 unspecified atom stereocenters. The quantitative estimate of drug-likeness (QED) is 0.454. The predicted molar refractivity (Wildman–Crippen MR) is 61.4 cm³/mol. The Balaban J connectivity index is 2.95. The van der Waals surface area contributed by atoms with Gasteiger partial charge in [-0.15, -0.1) is 0 Å². The topological polar surface area (TPSA) is 72.4 Å². The minimum atomic E-state index is -1.00. The Hall–Kier alpha value is -1.10. The molecule has 0 bridgehead atoms. The maximum Gasteiger partial charge on any atom is 0.260 e. The van der Waals surface area contributed by atoms with E-state index in [2.05, 4.69) is 0 Å². The average Bonchev–Trinajstić information content (AvgIpc) is 2.14. The minimum Gasteiger partial charge on any atom is -0.318 e. The first kappa shape index (κ1) is 12.0. The molecule has 0 aliphatic heterocycles. The van der Waals surface area contributed by atoms with Crippen LogP contribution in [0, 0.1) is 0 Å². The van der Waals surface area contributed by atoms with Crippen molar-refractivity contribution in [1.29, 1.82) is 0 Å². The summed E-state index contributed by atoms with van der Waals surface area (Å²) in [6.07, 6.45) is 0. The molecule has 0 fully saturated rings. The predicted octanol–water partition coefficient (Wildman–Crippen LogP) is 1.28. The van der Waals surface area contributed by atoms with Crippen LogP contribution in [0.15, 0.2) is 24.3 Å². The number of hydrogen-bond acceptors (Lipinski definition) is 3. The minimum absolute atomic E-state index is 0.371. The third kappa shape index (κ3) is 2.92. The Morgan fingerprint density at radius 2 is 2.07 bits per heavy atom. The van der Waals surface area contributed by atoms with Crippen molar-refractivity contribution in [2.75, 3.05) is 5.01 Å². The molecular formula is C10H14ClN3O. The second kappa shape index (κ2) is 4.18. The molecule has 0 aliphatic carbocycles. The highest BCUT2D eigenvalue weighted by atomic mass is 35.5. The number of carbonyl (C=O) groups is 1. The van der Waals surface area contributed by atoms with Gasteiger partial charge in [0.15, 0.2) is 0 Å². The number of nitrogens with two attached hydrogens (primary N) is 2. The zero-order valence-electron chi connectivity index (χ0n) is 8.70. The van der Waals surface area contributed by atoms with Crippen LogP contribution in [-0.2, 0) is 4.79 Å². The summed E-state index contributed by atoms with van der Waals surface area (Å²) in [6.45, 7) is 3.19. The van der Waals surface area contributed by atoms with Gasteiger partial charge < -0.3 is 5.73 Å². The highest BCUT2D eigenvalue weighted by molar-refractivity contribution is 6.30. The van der Waals surface area contributed by atoms with E-state index < -0.39 is 5.54 Å². The second-order valence-corrected chi connectivity index (χ2v) is 4.31. The number of benzene rings is 1. The van der Waals surface area contributed by atoms with Crippen LogP contribution < -0.4 is 16.6 Å². The Kier molecular flexibility index (Phi) is 3.34. The summed E-state index contributed by atoms with van der Waals surface area (Å²) >= 11 is 5.78. The summed E-state index contributed by atoms with van der Waals surface area (Å²) in [4.78, 5) is 11.7. The molecule has 1 amide bonds. The highest BCUT2D eigenvalue weighted by Gasteiger charge is 2.27. The molecule has 4 N–H and O–H groups in total. The number of anilines is 1. The van der Waals surface area contributed by atoms with Crippen LogP contribution in [0.25, 0.3) is 0 Å². The lowest BCUT2D eigenvalue weighted by molar-refractivity contribution is -0.122. The maximum atomic E-state index is 11.7. The van der Waals surface area contributed by atoms with Gasteiger partial charge >= 0.3 is 0 Å². The maximum absolute atomic E-state index is 11.7. The van der Waals surface area contributed by atoms with Crippen LogP contribution in [0.1, 0.15) is 13.8 Å².